The van der Waals surface area contributed by atoms with Crippen LogP contribution < -0.4 is 11.1 Å². The van der Waals surface area contributed by atoms with E-state index in [1.807, 2.05) is 0 Å². The molecule has 0 aliphatic rings. The topological polar surface area (TPSA) is 41.3 Å². The molecular formula is C13H23N3. The Balaban J connectivity index is 2.59. The van der Waals surface area contributed by atoms with Crippen LogP contribution in [0, 0.1) is 0 Å². The predicted octanol–water partition coefficient (Wildman–Crippen LogP) is 1.90. The van der Waals surface area contributed by atoms with Gasteiger partial charge in [-0.15, -0.1) is 0 Å². The SMILES string of the molecule is CCN(CC)Cc1cccc(NCCN)c1. The summed E-state index contributed by atoms with van der Waals surface area (Å²) in [6.07, 6.45) is 0. The first-order chi connectivity index (χ1) is 7.80. The largest absolute Gasteiger partial charge is 0.384 e. The van der Waals surface area contributed by atoms with Gasteiger partial charge >= 0.3 is 0 Å². The molecule has 0 radical (unpaired) electrons. The molecule has 0 heterocycles. The van der Waals surface area contributed by atoms with Crippen LogP contribution in [0.3, 0.4) is 0 Å². The van der Waals surface area contributed by atoms with Crippen molar-refractivity contribution in [1.82, 2.24) is 4.90 Å². The lowest BCUT2D eigenvalue weighted by Crippen LogP contribution is -2.22. The molecule has 0 aliphatic heterocycles. The second kappa shape index (κ2) is 7.25. The molecule has 0 bridgehead atoms. The van der Waals surface area contributed by atoms with Crippen LogP contribution in [0.4, 0.5) is 5.69 Å². The fraction of sp³-hybridized carbons (Fsp3) is 0.538. The van der Waals surface area contributed by atoms with Crippen LogP contribution in [0.25, 0.3) is 0 Å². The molecule has 90 valence electrons. The van der Waals surface area contributed by atoms with E-state index in [-0.39, 0.29) is 0 Å². The van der Waals surface area contributed by atoms with Gasteiger partial charge in [0.25, 0.3) is 0 Å². The molecule has 3 N–H and O–H groups in total. The Morgan fingerprint density at radius 3 is 2.62 bits per heavy atom. The van der Waals surface area contributed by atoms with Crippen LogP contribution in [0.1, 0.15) is 19.4 Å². The van der Waals surface area contributed by atoms with Gasteiger partial charge in [0.1, 0.15) is 0 Å². The first kappa shape index (κ1) is 13.0. The van der Waals surface area contributed by atoms with Crippen molar-refractivity contribution in [1.29, 1.82) is 0 Å². The summed E-state index contributed by atoms with van der Waals surface area (Å²) >= 11 is 0. The Bertz CT molecular complexity index is 295. The third kappa shape index (κ3) is 4.21. The molecule has 0 aromatic heterocycles. The second-order valence-corrected chi connectivity index (χ2v) is 3.88. The minimum absolute atomic E-state index is 0.667. The molecule has 1 aromatic rings. The molecule has 0 unspecified atom stereocenters. The predicted molar refractivity (Wildman–Crippen MR) is 70.6 cm³/mol. The summed E-state index contributed by atoms with van der Waals surface area (Å²) < 4.78 is 0. The number of benzene rings is 1. The van der Waals surface area contributed by atoms with Gasteiger partial charge in [0.2, 0.25) is 0 Å². The summed E-state index contributed by atoms with van der Waals surface area (Å²) in [5.74, 6) is 0. The maximum Gasteiger partial charge on any atom is 0.0343 e. The molecule has 3 nitrogen and oxygen atoms in total. The van der Waals surface area contributed by atoms with Crippen LogP contribution in [0.15, 0.2) is 24.3 Å². The van der Waals surface area contributed by atoms with Gasteiger partial charge in [-0.05, 0) is 30.8 Å². The van der Waals surface area contributed by atoms with E-state index in [1.54, 1.807) is 0 Å². The highest BCUT2D eigenvalue weighted by Gasteiger charge is 2.01. The van der Waals surface area contributed by atoms with Crippen molar-refractivity contribution in [3.63, 3.8) is 0 Å². The number of anilines is 1. The molecule has 0 aliphatic carbocycles. The van der Waals surface area contributed by atoms with Crippen molar-refractivity contribution >= 4 is 5.69 Å². The van der Waals surface area contributed by atoms with E-state index in [4.69, 9.17) is 5.73 Å². The number of hydrogen-bond acceptors (Lipinski definition) is 3. The quantitative estimate of drug-likeness (QED) is 0.739. The zero-order valence-electron chi connectivity index (χ0n) is 10.4. The van der Waals surface area contributed by atoms with Gasteiger partial charge in [-0.3, -0.25) is 4.90 Å². The van der Waals surface area contributed by atoms with E-state index in [1.165, 1.54) is 5.56 Å². The summed E-state index contributed by atoms with van der Waals surface area (Å²) in [5, 5.41) is 3.30. The van der Waals surface area contributed by atoms with E-state index in [2.05, 4.69) is 48.3 Å². The maximum atomic E-state index is 5.47. The molecule has 0 spiro atoms. The molecule has 0 saturated heterocycles. The molecule has 3 heteroatoms. The Kier molecular flexibility index (Phi) is 5.90. The number of hydrogen-bond donors (Lipinski definition) is 2. The fourth-order valence-electron chi connectivity index (χ4n) is 1.70. The van der Waals surface area contributed by atoms with Gasteiger partial charge in [-0.25, -0.2) is 0 Å². The van der Waals surface area contributed by atoms with E-state index in [0.29, 0.717) is 6.54 Å². The van der Waals surface area contributed by atoms with Crippen molar-refractivity contribution in [3.05, 3.63) is 29.8 Å². The zero-order chi connectivity index (χ0) is 11.8. The molecule has 1 rings (SSSR count). The summed E-state index contributed by atoms with van der Waals surface area (Å²) in [7, 11) is 0. The van der Waals surface area contributed by atoms with Crippen molar-refractivity contribution < 1.29 is 0 Å². The van der Waals surface area contributed by atoms with Crippen LogP contribution in [-0.2, 0) is 6.54 Å². The van der Waals surface area contributed by atoms with Crippen LogP contribution in [-0.4, -0.2) is 31.1 Å². The normalized spacial score (nSPS) is 10.8. The van der Waals surface area contributed by atoms with Crippen molar-refractivity contribution in [2.75, 3.05) is 31.5 Å². The van der Waals surface area contributed by atoms with Gasteiger partial charge in [-0.2, -0.15) is 0 Å². The van der Waals surface area contributed by atoms with Gasteiger partial charge in [0, 0.05) is 25.3 Å². The average molecular weight is 221 g/mol. The van der Waals surface area contributed by atoms with Crippen LogP contribution in [0.2, 0.25) is 0 Å². The Labute approximate surface area is 98.6 Å². The molecule has 0 saturated carbocycles. The lowest BCUT2D eigenvalue weighted by atomic mass is 10.2. The molecule has 0 amide bonds. The van der Waals surface area contributed by atoms with E-state index in [0.717, 1.165) is 31.9 Å². The van der Waals surface area contributed by atoms with E-state index in [9.17, 15) is 0 Å². The number of nitrogens with two attached hydrogens (primary N) is 1. The smallest absolute Gasteiger partial charge is 0.0343 e. The minimum atomic E-state index is 0.667. The number of nitrogens with zero attached hydrogens (tertiary/aromatic N) is 1. The monoisotopic (exact) mass is 221 g/mol. The summed E-state index contributed by atoms with van der Waals surface area (Å²) in [5.41, 5.74) is 7.98. The number of nitrogens with one attached hydrogen (secondary N) is 1. The molecule has 0 fully saturated rings. The van der Waals surface area contributed by atoms with Crippen LogP contribution in [0.5, 0.6) is 0 Å². The lowest BCUT2D eigenvalue weighted by molar-refractivity contribution is 0.296. The van der Waals surface area contributed by atoms with Crippen molar-refractivity contribution in [2.45, 2.75) is 20.4 Å². The second-order valence-electron chi connectivity index (χ2n) is 3.88. The third-order valence-corrected chi connectivity index (χ3v) is 2.70. The summed E-state index contributed by atoms with van der Waals surface area (Å²) in [6.45, 7) is 9.09. The molecule has 16 heavy (non-hydrogen) atoms. The van der Waals surface area contributed by atoms with Gasteiger partial charge in [0.15, 0.2) is 0 Å². The van der Waals surface area contributed by atoms with E-state index >= 15 is 0 Å². The minimum Gasteiger partial charge on any atom is -0.384 e. The Morgan fingerprint density at radius 2 is 2.00 bits per heavy atom. The van der Waals surface area contributed by atoms with Crippen molar-refractivity contribution in [3.8, 4) is 0 Å². The summed E-state index contributed by atoms with van der Waals surface area (Å²) in [4.78, 5) is 2.40. The first-order valence-electron chi connectivity index (χ1n) is 6.05. The van der Waals surface area contributed by atoms with Crippen LogP contribution >= 0.6 is 0 Å². The highest BCUT2D eigenvalue weighted by atomic mass is 15.1. The third-order valence-electron chi connectivity index (χ3n) is 2.70. The van der Waals surface area contributed by atoms with Crippen molar-refractivity contribution in [2.24, 2.45) is 5.73 Å². The Hall–Kier alpha value is -1.06. The first-order valence-corrected chi connectivity index (χ1v) is 6.05. The van der Waals surface area contributed by atoms with Gasteiger partial charge < -0.3 is 11.1 Å². The lowest BCUT2D eigenvalue weighted by Gasteiger charge is -2.18. The Morgan fingerprint density at radius 1 is 1.25 bits per heavy atom. The van der Waals surface area contributed by atoms with Gasteiger partial charge in [0.05, 0.1) is 0 Å². The zero-order valence-corrected chi connectivity index (χ0v) is 10.4. The molecular weight excluding hydrogens is 198 g/mol. The van der Waals surface area contributed by atoms with E-state index < -0.39 is 0 Å². The average Bonchev–Trinajstić information content (AvgIpc) is 2.34. The standard InChI is InChI=1S/C13H23N3/c1-3-16(4-2)11-12-6-5-7-13(10-12)15-9-8-14/h5-7,10,15H,3-4,8-9,11,14H2,1-2H3. The summed E-state index contributed by atoms with van der Waals surface area (Å²) in [6, 6.07) is 8.55. The number of rotatable bonds is 7. The molecule has 1 aromatic carbocycles. The maximum absolute atomic E-state index is 5.47. The highest BCUT2D eigenvalue weighted by Crippen LogP contribution is 2.12. The fourth-order valence-corrected chi connectivity index (χ4v) is 1.70. The van der Waals surface area contributed by atoms with Gasteiger partial charge in [-0.1, -0.05) is 26.0 Å². The molecule has 0 atom stereocenters. The highest BCUT2D eigenvalue weighted by molar-refractivity contribution is 5.45.